The number of thiocarbonyl (C=S) groups is 1. The predicted octanol–water partition coefficient (Wildman–Crippen LogP) is 3.55. The van der Waals surface area contributed by atoms with Crippen molar-refractivity contribution >= 4 is 17.6 Å². The van der Waals surface area contributed by atoms with Crippen LogP contribution in [0, 0.1) is 0 Å². The highest BCUT2D eigenvalue weighted by atomic mass is 32.1. The molecule has 1 aromatic heterocycles. The van der Waals surface area contributed by atoms with Gasteiger partial charge in [-0.25, -0.2) is 4.98 Å². The maximum Gasteiger partial charge on any atom is 0.185 e. The quantitative estimate of drug-likeness (QED) is 0.686. The highest BCUT2D eigenvalue weighted by Crippen LogP contribution is 2.27. The summed E-state index contributed by atoms with van der Waals surface area (Å²) in [6.45, 7) is 0. The maximum atomic E-state index is 4.90. The molecule has 0 radical (unpaired) electrons. The molecule has 96 valence electrons. The molecule has 0 atom stereocenters. The van der Waals surface area contributed by atoms with Gasteiger partial charge in [-0.2, -0.15) is 0 Å². The third kappa shape index (κ3) is 2.46. The fraction of sp³-hybridized carbons (Fsp3) is 0. The molecule has 20 heavy (non-hydrogen) atoms. The molecule has 0 saturated carbocycles. The van der Waals surface area contributed by atoms with Gasteiger partial charge in [0.2, 0.25) is 0 Å². The lowest BCUT2D eigenvalue weighted by molar-refractivity contribution is 0.971. The molecular formula is C16H11N3S. The lowest BCUT2D eigenvalue weighted by Gasteiger charge is -2.07. The molecule has 0 bridgehead atoms. The van der Waals surface area contributed by atoms with Crippen LogP contribution in [0.25, 0.3) is 22.5 Å². The van der Waals surface area contributed by atoms with Crippen LogP contribution in [-0.2, 0) is 0 Å². The molecule has 0 aliphatic rings. The zero-order valence-electron chi connectivity index (χ0n) is 10.6. The number of rotatable bonds is 3. The Morgan fingerprint density at radius 3 is 1.80 bits per heavy atom. The largest absolute Gasteiger partial charge is 0.224 e. The van der Waals surface area contributed by atoms with Gasteiger partial charge in [0.1, 0.15) is 11.4 Å². The summed E-state index contributed by atoms with van der Waals surface area (Å²) in [5, 5.41) is 9.76. The van der Waals surface area contributed by atoms with Crippen LogP contribution >= 0.6 is 12.2 Å². The van der Waals surface area contributed by atoms with Gasteiger partial charge in [-0.3, -0.25) is 0 Å². The lowest BCUT2D eigenvalue weighted by Crippen LogP contribution is -2.01. The molecule has 4 heteroatoms. The molecule has 0 amide bonds. The molecule has 1 heterocycles. The first-order valence-electron chi connectivity index (χ1n) is 6.19. The van der Waals surface area contributed by atoms with E-state index < -0.39 is 0 Å². The van der Waals surface area contributed by atoms with E-state index in [-0.39, 0.29) is 0 Å². The fourth-order valence-corrected chi connectivity index (χ4v) is 2.08. The minimum atomic E-state index is 0.457. The molecule has 2 aromatic carbocycles. The van der Waals surface area contributed by atoms with E-state index in [0.29, 0.717) is 5.82 Å². The maximum absolute atomic E-state index is 4.90. The third-order valence-corrected chi connectivity index (χ3v) is 3.11. The predicted molar refractivity (Wildman–Crippen MR) is 83.5 cm³/mol. The Morgan fingerprint density at radius 2 is 1.25 bits per heavy atom. The van der Waals surface area contributed by atoms with Crippen LogP contribution in [0.1, 0.15) is 5.82 Å². The van der Waals surface area contributed by atoms with Crippen LogP contribution in [0.2, 0.25) is 0 Å². The molecule has 0 saturated heterocycles. The zero-order valence-corrected chi connectivity index (χ0v) is 11.4. The van der Waals surface area contributed by atoms with Crippen molar-refractivity contribution < 1.29 is 0 Å². The van der Waals surface area contributed by atoms with E-state index in [1.165, 1.54) is 5.37 Å². The second kappa shape index (κ2) is 5.67. The second-order valence-electron chi connectivity index (χ2n) is 4.22. The van der Waals surface area contributed by atoms with E-state index in [2.05, 4.69) is 15.2 Å². The van der Waals surface area contributed by atoms with E-state index in [9.17, 15) is 0 Å². The summed E-state index contributed by atoms with van der Waals surface area (Å²) in [6.07, 6.45) is 0. The van der Waals surface area contributed by atoms with Gasteiger partial charge < -0.3 is 0 Å². The van der Waals surface area contributed by atoms with Crippen LogP contribution in [0.3, 0.4) is 0 Å². The van der Waals surface area contributed by atoms with Gasteiger partial charge in [0.25, 0.3) is 0 Å². The Labute approximate surface area is 122 Å². The van der Waals surface area contributed by atoms with Gasteiger partial charge in [0.05, 0.1) is 0 Å². The number of benzene rings is 2. The molecule has 0 N–H and O–H groups in total. The van der Waals surface area contributed by atoms with Crippen molar-refractivity contribution in [3.05, 3.63) is 66.5 Å². The van der Waals surface area contributed by atoms with E-state index >= 15 is 0 Å². The Kier molecular flexibility index (Phi) is 3.56. The molecule has 0 aliphatic heterocycles. The summed E-state index contributed by atoms with van der Waals surface area (Å²) in [4.78, 5) is 4.50. The summed E-state index contributed by atoms with van der Waals surface area (Å²) in [5.74, 6) is 0.457. The number of hydrogen-bond acceptors (Lipinski definition) is 4. The van der Waals surface area contributed by atoms with E-state index in [0.717, 1.165) is 22.5 Å². The first-order chi connectivity index (χ1) is 9.88. The molecule has 0 unspecified atom stereocenters. The van der Waals surface area contributed by atoms with Crippen molar-refractivity contribution in [2.45, 2.75) is 0 Å². The average Bonchev–Trinajstić information content (AvgIpc) is 2.56. The smallest absolute Gasteiger partial charge is 0.185 e. The molecular weight excluding hydrogens is 266 g/mol. The van der Waals surface area contributed by atoms with Gasteiger partial charge in [-0.1, -0.05) is 72.9 Å². The SMILES string of the molecule is S=Cc1nnc(-c2ccccc2)c(-c2ccccc2)n1. The number of aromatic nitrogens is 3. The number of nitrogens with zero attached hydrogens (tertiary/aromatic N) is 3. The summed E-state index contributed by atoms with van der Waals surface area (Å²) >= 11 is 4.90. The van der Waals surface area contributed by atoms with Crippen LogP contribution in [0.5, 0.6) is 0 Å². The van der Waals surface area contributed by atoms with Crippen molar-refractivity contribution in [2.24, 2.45) is 0 Å². The zero-order chi connectivity index (χ0) is 13.8. The molecule has 0 fully saturated rings. The minimum absolute atomic E-state index is 0.457. The highest BCUT2D eigenvalue weighted by molar-refractivity contribution is 7.79. The normalized spacial score (nSPS) is 10.2. The molecule has 3 aromatic rings. The summed E-state index contributed by atoms with van der Waals surface area (Å²) in [5.41, 5.74) is 3.54. The van der Waals surface area contributed by atoms with Gasteiger partial charge in [0, 0.05) is 16.5 Å². The fourth-order valence-electron chi connectivity index (χ4n) is 1.98. The topological polar surface area (TPSA) is 38.7 Å². The second-order valence-corrected chi connectivity index (χ2v) is 4.45. The van der Waals surface area contributed by atoms with Gasteiger partial charge in [-0.15, -0.1) is 10.2 Å². The monoisotopic (exact) mass is 277 g/mol. The van der Waals surface area contributed by atoms with Crippen LogP contribution in [0.4, 0.5) is 0 Å². The summed E-state index contributed by atoms with van der Waals surface area (Å²) in [7, 11) is 0. The molecule has 3 nitrogen and oxygen atoms in total. The Bertz CT molecular complexity index is 727. The van der Waals surface area contributed by atoms with Crippen LogP contribution in [0.15, 0.2) is 60.7 Å². The molecule has 3 rings (SSSR count). The minimum Gasteiger partial charge on any atom is -0.224 e. The third-order valence-electron chi connectivity index (χ3n) is 2.90. The van der Waals surface area contributed by atoms with Crippen LogP contribution < -0.4 is 0 Å². The Balaban J connectivity index is 2.23. The van der Waals surface area contributed by atoms with Crippen molar-refractivity contribution in [1.29, 1.82) is 0 Å². The first kappa shape index (κ1) is 12.6. The van der Waals surface area contributed by atoms with Gasteiger partial charge in [0.15, 0.2) is 5.82 Å². The Hall–Kier alpha value is -2.46. The Morgan fingerprint density at radius 1 is 0.700 bits per heavy atom. The standard InChI is InChI=1S/C16H11N3S/c20-11-14-17-15(12-7-3-1-4-8-12)16(19-18-14)13-9-5-2-6-10-13/h1-11H. The van der Waals surface area contributed by atoms with Crippen molar-refractivity contribution in [3.63, 3.8) is 0 Å². The van der Waals surface area contributed by atoms with Crippen molar-refractivity contribution in [2.75, 3.05) is 0 Å². The summed E-state index contributed by atoms with van der Waals surface area (Å²) < 4.78 is 0. The van der Waals surface area contributed by atoms with Crippen molar-refractivity contribution in [3.8, 4) is 22.5 Å². The highest BCUT2D eigenvalue weighted by Gasteiger charge is 2.12. The number of hydrogen-bond donors (Lipinski definition) is 0. The average molecular weight is 277 g/mol. The van der Waals surface area contributed by atoms with Crippen molar-refractivity contribution in [1.82, 2.24) is 15.2 Å². The van der Waals surface area contributed by atoms with Crippen LogP contribution in [-0.4, -0.2) is 20.5 Å². The molecule has 0 aliphatic carbocycles. The molecule has 0 spiro atoms. The summed E-state index contributed by atoms with van der Waals surface area (Å²) in [6, 6.07) is 19.8. The van der Waals surface area contributed by atoms with Gasteiger partial charge in [-0.05, 0) is 0 Å². The van der Waals surface area contributed by atoms with Gasteiger partial charge >= 0.3 is 0 Å². The van der Waals surface area contributed by atoms with E-state index in [1.54, 1.807) is 0 Å². The first-order valence-corrected chi connectivity index (χ1v) is 6.66. The van der Waals surface area contributed by atoms with E-state index in [1.807, 2.05) is 60.7 Å². The lowest BCUT2D eigenvalue weighted by atomic mass is 10.0. The van der Waals surface area contributed by atoms with E-state index in [4.69, 9.17) is 12.2 Å².